The van der Waals surface area contributed by atoms with Gasteiger partial charge in [-0.25, -0.2) is 0 Å². The molecule has 0 amide bonds. The number of nitrogens with one attached hydrogen (secondary N) is 1. The molecule has 7 rings (SSSR count). The summed E-state index contributed by atoms with van der Waals surface area (Å²) in [6, 6.07) is 18.9. The summed E-state index contributed by atoms with van der Waals surface area (Å²) in [5, 5.41) is 47.6. The summed E-state index contributed by atoms with van der Waals surface area (Å²) in [7, 11) is 1.51. The SMILES string of the molecule is COc1cc([C@@H]2CC(=O)C[C@H](O)[C@@H]3[C@H](C#C[C@H]2Cc2ccccc2)CN[C@H]2CCC[C@H]4CCc5cc(O)c(O)cc5[C@@]432)ccc1O. The number of carbonyl (C=O) groups is 1. The highest BCUT2D eigenvalue weighted by Gasteiger charge is 2.61. The van der Waals surface area contributed by atoms with E-state index in [1.807, 2.05) is 24.3 Å². The van der Waals surface area contributed by atoms with E-state index in [4.69, 9.17) is 4.74 Å². The number of hydrogen-bond donors (Lipinski definition) is 5. The molecule has 1 saturated heterocycles. The van der Waals surface area contributed by atoms with Gasteiger partial charge in [-0.15, -0.1) is 0 Å². The number of phenolic OH excluding ortho intramolecular Hbond substituents is 3. The maximum absolute atomic E-state index is 14.1. The fraction of sp³-hybridized carbons (Fsp3) is 0.462. The van der Waals surface area contributed by atoms with E-state index in [0.29, 0.717) is 18.7 Å². The Hall–Kier alpha value is -3.99. The zero-order chi connectivity index (χ0) is 32.0. The van der Waals surface area contributed by atoms with Crippen LogP contribution in [0.2, 0.25) is 0 Å². The Morgan fingerprint density at radius 1 is 0.935 bits per heavy atom. The summed E-state index contributed by atoms with van der Waals surface area (Å²) in [5.41, 5.74) is 3.47. The minimum absolute atomic E-state index is 0.0199. The molecule has 7 nitrogen and oxygen atoms in total. The Morgan fingerprint density at radius 2 is 1.74 bits per heavy atom. The second kappa shape index (κ2) is 12.3. The van der Waals surface area contributed by atoms with Gasteiger partial charge in [-0.3, -0.25) is 4.79 Å². The molecule has 1 aliphatic heterocycles. The number of aliphatic hydroxyl groups excluding tert-OH is 1. The van der Waals surface area contributed by atoms with E-state index < -0.39 is 11.5 Å². The van der Waals surface area contributed by atoms with E-state index in [-0.39, 0.29) is 71.5 Å². The second-order valence-corrected chi connectivity index (χ2v) is 13.8. The van der Waals surface area contributed by atoms with Gasteiger partial charge >= 0.3 is 0 Å². The van der Waals surface area contributed by atoms with Crippen LogP contribution in [0.4, 0.5) is 0 Å². The largest absolute Gasteiger partial charge is 0.504 e. The molecule has 1 heterocycles. The molecule has 1 saturated carbocycles. The van der Waals surface area contributed by atoms with Gasteiger partial charge < -0.3 is 30.5 Å². The third-order valence-electron chi connectivity index (χ3n) is 11.5. The molecule has 0 radical (unpaired) electrons. The van der Waals surface area contributed by atoms with Crippen molar-refractivity contribution in [2.45, 2.75) is 74.8 Å². The number of ketones is 1. The van der Waals surface area contributed by atoms with Crippen LogP contribution < -0.4 is 10.1 Å². The van der Waals surface area contributed by atoms with E-state index >= 15 is 0 Å². The van der Waals surface area contributed by atoms with E-state index in [2.05, 4.69) is 29.3 Å². The maximum Gasteiger partial charge on any atom is 0.160 e. The fourth-order valence-corrected chi connectivity index (χ4v) is 9.57. The summed E-state index contributed by atoms with van der Waals surface area (Å²) in [6.45, 7) is 0.608. The van der Waals surface area contributed by atoms with E-state index in [9.17, 15) is 25.2 Å². The van der Waals surface area contributed by atoms with Crippen molar-refractivity contribution in [2.24, 2.45) is 23.7 Å². The van der Waals surface area contributed by atoms with Crippen molar-refractivity contribution < 1.29 is 30.0 Å². The average Bonchev–Trinajstić information content (AvgIpc) is 3.05. The lowest BCUT2D eigenvalue weighted by Gasteiger charge is -2.62. The molecule has 3 aliphatic carbocycles. The minimum Gasteiger partial charge on any atom is -0.504 e. The van der Waals surface area contributed by atoms with Crippen LogP contribution in [0, 0.1) is 35.5 Å². The van der Waals surface area contributed by atoms with Crippen molar-refractivity contribution in [1.82, 2.24) is 5.32 Å². The number of benzene rings is 3. The first-order chi connectivity index (χ1) is 22.3. The first-order valence-electron chi connectivity index (χ1n) is 16.7. The lowest BCUT2D eigenvalue weighted by Crippen LogP contribution is -2.69. The third-order valence-corrected chi connectivity index (χ3v) is 11.5. The normalized spacial score (nSPS) is 32.0. The predicted molar refractivity (Wildman–Crippen MR) is 175 cm³/mol. The van der Waals surface area contributed by atoms with Crippen molar-refractivity contribution in [3.8, 4) is 34.8 Å². The number of aromatic hydroxyl groups is 3. The Bertz CT molecular complexity index is 1680. The molecule has 0 bridgehead atoms. The first-order valence-corrected chi connectivity index (χ1v) is 16.7. The Morgan fingerprint density at radius 3 is 2.54 bits per heavy atom. The van der Waals surface area contributed by atoms with Crippen molar-refractivity contribution in [3.05, 3.63) is 82.9 Å². The zero-order valence-electron chi connectivity index (χ0n) is 26.3. The lowest BCUT2D eigenvalue weighted by atomic mass is 9.45. The average molecular weight is 622 g/mol. The molecule has 8 atom stereocenters. The lowest BCUT2D eigenvalue weighted by molar-refractivity contribution is -0.125. The van der Waals surface area contributed by atoms with Gasteiger partial charge in [0.2, 0.25) is 0 Å². The smallest absolute Gasteiger partial charge is 0.160 e. The van der Waals surface area contributed by atoms with Crippen molar-refractivity contribution in [1.29, 1.82) is 0 Å². The van der Waals surface area contributed by atoms with Gasteiger partial charge in [0, 0.05) is 54.5 Å². The molecule has 7 heteroatoms. The van der Waals surface area contributed by atoms with Crippen LogP contribution in [0.15, 0.2) is 60.7 Å². The topological polar surface area (TPSA) is 119 Å². The highest BCUT2D eigenvalue weighted by molar-refractivity contribution is 5.80. The van der Waals surface area contributed by atoms with Gasteiger partial charge in [0.05, 0.1) is 13.2 Å². The summed E-state index contributed by atoms with van der Waals surface area (Å²) in [6.07, 6.45) is 4.72. The highest BCUT2D eigenvalue weighted by atomic mass is 16.5. The second-order valence-electron chi connectivity index (χ2n) is 13.8. The molecule has 46 heavy (non-hydrogen) atoms. The molecule has 3 aromatic carbocycles. The predicted octanol–water partition coefficient (Wildman–Crippen LogP) is 5.37. The van der Waals surface area contributed by atoms with Crippen LogP contribution in [-0.2, 0) is 23.1 Å². The summed E-state index contributed by atoms with van der Waals surface area (Å²) in [5.74, 6) is 6.71. The van der Waals surface area contributed by atoms with Gasteiger partial charge in [0.1, 0.15) is 5.78 Å². The molecule has 240 valence electrons. The van der Waals surface area contributed by atoms with Gasteiger partial charge in [-0.1, -0.05) is 54.7 Å². The highest BCUT2D eigenvalue weighted by Crippen LogP contribution is 2.59. The Kier molecular flexibility index (Phi) is 8.21. The molecule has 3 aromatic rings. The fourth-order valence-electron chi connectivity index (χ4n) is 9.57. The number of fused-ring (bicyclic) bond motifs is 2. The van der Waals surface area contributed by atoms with E-state index in [0.717, 1.165) is 54.4 Å². The van der Waals surface area contributed by atoms with Crippen LogP contribution >= 0.6 is 0 Å². The number of piperidine rings is 1. The summed E-state index contributed by atoms with van der Waals surface area (Å²) >= 11 is 0. The zero-order valence-corrected chi connectivity index (χ0v) is 26.3. The molecule has 4 aliphatic rings. The number of aliphatic hydroxyl groups is 1. The maximum atomic E-state index is 14.1. The Labute approximate surface area is 270 Å². The van der Waals surface area contributed by atoms with Crippen LogP contribution in [0.3, 0.4) is 0 Å². The van der Waals surface area contributed by atoms with Gasteiger partial charge in [0.25, 0.3) is 0 Å². The molecule has 2 fully saturated rings. The number of methoxy groups -OCH3 is 1. The quantitative estimate of drug-likeness (QED) is 0.196. The first kappa shape index (κ1) is 30.7. The molecule has 0 unspecified atom stereocenters. The van der Waals surface area contributed by atoms with Crippen LogP contribution in [0.1, 0.15) is 66.7 Å². The number of rotatable bonds is 4. The van der Waals surface area contributed by atoms with Gasteiger partial charge in [-0.2, -0.15) is 0 Å². The summed E-state index contributed by atoms with van der Waals surface area (Å²) < 4.78 is 5.44. The number of carbonyl (C=O) groups excluding carboxylic acids is 1. The van der Waals surface area contributed by atoms with E-state index in [1.54, 1.807) is 24.3 Å². The van der Waals surface area contributed by atoms with E-state index in [1.165, 1.54) is 7.11 Å². The molecule has 5 N–H and O–H groups in total. The van der Waals surface area contributed by atoms with Crippen molar-refractivity contribution in [3.63, 3.8) is 0 Å². The number of aryl methyl sites for hydroxylation is 1. The molecular formula is C39H43NO6. The van der Waals surface area contributed by atoms with Crippen molar-refractivity contribution >= 4 is 5.78 Å². The minimum atomic E-state index is -0.917. The van der Waals surface area contributed by atoms with Crippen LogP contribution in [0.5, 0.6) is 23.0 Å². The molecule has 1 spiro atoms. The third kappa shape index (κ3) is 5.22. The van der Waals surface area contributed by atoms with Crippen LogP contribution in [-0.4, -0.2) is 52.0 Å². The Balaban J connectivity index is 1.38. The number of ether oxygens (including phenoxy) is 1. The number of hydrogen-bond acceptors (Lipinski definition) is 7. The number of phenols is 3. The standard InChI is InChI=1S/C39H43NO6/c1-46-36-18-25(13-15-32(36)42)30-19-29(41)20-35(45)38-27(11-10-24(30)16-23-6-3-2-4-7-23)22-40-37-9-5-8-28-14-12-26-17-33(43)34(44)21-31(26)39(28,37)38/h2-4,6-7,13,15,17-18,21,24,27-28,30,35,37-38,40,42-45H,5,8-9,12,14,16,19-20,22H2,1H3/t24-,27+,28-,30+,35-,37-,38-,39+/m0/s1. The monoisotopic (exact) mass is 621 g/mol. The summed E-state index contributed by atoms with van der Waals surface area (Å²) in [4.78, 5) is 14.1. The van der Waals surface area contributed by atoms with Gasteiger partial charge in [-0.05, 0) is 84.5 Å². The molecular weight excluding hydrogens is 578 g/mol. The van der Waals surface area contributed by atoms with Crippen molar-refractivity contribution in [2.75, 3.05) is 13.7 Å². The number of Topliss-reactive ketones (excluding diaryl/α,β-unsaturated/α-hetero) is 1. The van der Waals surface area contributed by atoms with Gasteiger partial charge in [0.15, 0.2) is 23.0 Å². The molecule has 0 aromatic heterocycles. The van der Waals surface area contributed by atoms with Crippen LogP contribution in [0.25, 0.3) is 0 Å².